The van der Waals surface area contributed by atoms with Crippen molar-refractivity contribution in [2.24, 2.45) is 0 Å². The maximum Gasteiger partial charge on any atom is 0.416 e. The predicted octanol–water partition coefficient (Wildman–Crippen LogP) is 7.24. The molecule has 3 nitrogen and oxygen atoms in total. The number of anilines is 1. The topological polar surface area (TPSA) is 32.3 Å². The van der Waals surface area contributed by atoms with Gasteiger partial charge < -0.3 is 5.43 Å². The van der Waals surface area contributed by atoms with E-state index in [1.807, 2.05) is 23.6 Å². The minimum Gasteiger partial charge on any atom is -0.302 e. The number of carbonyl (C=O) groups is 1. The number of fused-ring (bicyclic) bond motifs is 1. The van der Waals surface area contributed by atoms with E-state index in [0.717, 1.165) is 34.2 Å². The smallest absolute Gasteiger partial charge is 0.302 e. The molecule has 2 aromatic heterocycles. The maximum absolute atomic E-state index is 12.9. The zero-order valence-corrected chi connectivity index (χ0v) is 18.4. The highest BCUT2D eigenvalue weighted by Gasteiger charge is 2.31. The molecule has 1 saturated heterocycles. The third-order valence-corrected chi connectivity index (χ3v) is 6.65. The number of aldehydes is 1. The Balaban J connectivity index is 0.000000300. The molecule has 164 valence electrons. The summed E-state index contributed by atoms with van der Waals surface area (Å²) < 4.78 is 39.8. The Morgan fingerprint density at radius 1 is 0.969 bits per heavy atom. The van der Waals surface area contributed by atoms with Crippen molar-refractivity contribution in [3.63, 3.8) is 0 Å². The molecule has 0 unspecified atom stereocenters. The molecule has 8 heteroatoms. The highest BCUT2D eigenvalue weighted by molar-refractivity contribution is 7.19. The molecule has 1 fully saturated rings. The highest BCUT2D eigenvalue weighted by atomic mass is 32.1. The van der Waals surface area contributed by atoms with Crippen molar-refractivity contribution in [3.8, 4) is 0 Å². The largest absolute Gasteiger partial charge is 0.416 e. The molecule has 0 amide bonds. The van der Waals surface area contributed by atoms with Gasteiger partial charge in [0.2, 0.25) is 0 Å². The van der Waals surface area contributed by atoms with Gasteiger partial charge in [-0.15, -0.1) is 22.7 Å². The fraction of sp³-hybridized carbons (Fsp3) is 0.125. The van der Waals surface area contributed by atoms with Gasteiger partial charge in [0.15, 0.2) is 6.29 Å². The van der Waals surface area contributed by atoms with Crippen molar-refractivity contribution < 1.29 is 18.0 Å². The van der Waals surface area contributed by atoms with E-state index >= 15 is 0 Å². The van der Waals surface area contributed by atoms with Gasteiger partial charge in [-0.2, -0.15) is 13.2 Å². The third kappa shape index (κ3) is 5.38. The lowest BCUT2D eigenvalue weighted by molar-refractivity contribution is -0.137. The van der Waals surface area contributed by atoms with Gasteiger partial charge in [-0.3, -0.25) is 9.80 Å². The quantitative estimate of drug-likeness (QED) is 0.319. The van der Waals surface area contributed by atoms with E-state index in [4.69, 9.17) is 0 Å². The molecule has 0 spiro atoms. The van der Waals surface area contributed by atoms with Crippen LogP contribution in [0.15, 0.2) is 77.8 Å². The summed E-state index contributed by atoms with van der Waals surface area (Å²) in [6.45, 7) is 0.637. The van der Waals surface area contributed by atoms with Crippen molar-refractivity contribution in [2.75, 3.05) is 11.6 Å². The SMILES string of the molecule is FC(F)(F)c1cccc(N2CCC(=Cc3cc4ccccc4s3)N2)c1.O=Cc1cccs1. The number of nitrogens with one attached hydrogen (secondary N) is 1. The number of halogens is 3. The van der Waals surface area contributed by atoms with Crippen LogP contribution in [0.3, 0.4) is 0 Å². The van der Waals surface area contributed by atoms with Crippen LogP contribution in [-0.4, -0.2) is 12.8 Å². The molecule has 0 atom stereocenters. The Morgan fingerprint density at radius 2 is 1.81 bits per heavy atom. The van der Waals surface area contributed by atoms with Crippen LogP contribution in [0.4, 0.5) is 18.9 Å². The molecule has 0 saturated carbocycles. The molecule has 1 N–H and O–H groups in total. The summed E-state index contributed by atoms with van der Waals surface area (Å²) in [4.78, 5) is 11.8. The summed E-state index contributed by atoms with van der Waals surface area (Å²) >= 11 is 3.16. The normalized spacial score (nSPS) is 14.8. The van der Waals surface area contributed by atoms with E-state index in [2.05, 4.69) is 29.7 Å². The van der Waals surface area contributed by atoms with Gasteiger partial charge >= 0.3 is 6.18 Å². The molecule has 0 aliphatic carbocycles. The van der Waals surface area contributed by atoms with Crippen LogP contribution < -0.4 is 10.4 Å². The van der Waals surface area contributed by atoms with Crippen LogP contribution in [0, 0.1) is 0 Å². The average molecular weight is 473 g/mol. The van der Waals surface area contributed by atoms with Crippen LogP contribution in [-0.2, 0) is 6.18 Å². The molecule has 1 aliphatic heterocycles. The monoisotopic (exact) mass is 472 g/mol. The van der Waals surface area contributed by atoms with Crippen LogP contribution in [0.5, 0.6) is 0 Å². The van der Waals surface area contributed by atoms with Crippen molar-refractivity contribution in [1.29, 1.82) is 0 Å². The molecular formula is C24H19F3N2OS2. The van der Waals surface area contributed by atoms with Crippen molar-refractivity contribution >= 4 is 50.8 Å². The molecular weight excluding hydrogens is 453 g/mol. The fourth-order valence-electron chi connectivity index (χ4n) is 3.27. The summed E-state index contributed by atoms with van der Waals surface area (Å²) in [6, 6.07) is 19.3. The second-order valence-electron chi connectivity index (χ2n) is 7.05. The lowest BCUT2D eigenvalue weighted by Gasteiger charge is -2.19. The first-order chi connectivity index (χ1) is 15.4. The molecule has 1 aliphatic rings. The molecule has 3 heterocycles. The van der Waals surface area contributed by atoms with E-state index < -0.39 is 11.7 Å². The van der Waals surface area contributed by atoms with Gasteiger partial charge in [-0.1, -0.05) is 30.3 Å². The minimum absolute atomic E-state index is 0.523. The van der Waals surface area contributed by atoms with E-state index in [9.17, 15) is 18.0 Å². The first-order valence-corrected chi connectivity index (χ1v) is 11.5. The summed E-state index contributed by atoms with van der Waals surface area (Å²) in [7, 11) is 0. The van der Waals surface area contributed by atoms with Crippen LogP contribution in [0.2, 0.25) is 0 Å². The standard InChI is InChI=1S/C19H15F3N2S.C5H4OS/c20-19(21,22)14-5-3-6-16(11-14)24-9-8-15(23-24)12-17-10-13-4-1-2-7-18(13)25-17;6-4-5-2-1-3-7-5/h1-7,10-12,23H,8-9H2;1-4H. The molecule has 32 heavy (non-hydrogen) atoms. The molecule has 0 radical (unpaired) electrons. The number of hydrazine groups is 1. The second kappa shape index (κ2) is 9.58. The number of hydrogen-bond donors (Lipinski definition) is 1. The Labute approximate surface area is 191 Å². The van der Waals surface area contributed by atoms with Gasteiger partial charge in [0.05, 0.1) is 16.1 Å². The Hall–Kier alpha value is -3.10. The summed E-state index contributed by atoms with van der Waals surface area (Å²) in [6.07, 6.45) is -0.640. The zero-order valence-electron chi connectivity index (χ0n) is 16.8. The van der Waals surface area contributed by atoms with Crippen LogP contribution in [0.25, 0.3) is 16.2 Å². The van der Waals surface area contributed by atoms with Gasteiger partial charge in [0, 0.05) is 28.2 Å². The minimum atomic E-state index is -4.33. The summed E-state index contributed by atoms with van der Waals surface area (Å²) in [5.74, 6) is 0. The fourth-order valence-corrected chi connectivity index (χ4v) is 4.83. The number of rotatable bonds is 3. The van der Waals surface area contributed by atoms with Crippen molar-refractivity contribution in [2.45, 2.75) is 12.6 Å². The van der Waals surface area contributed by atoms with E-state index in [-0.39, 0.29) is 0 Å². The molecule has 0 bridgehead atoms. The number of alkyl halides is 3. The number of carbonyl (C=O) groups excluding carboxylic acids is 1. The van der Waals surface area contributed by atoms with Crippen LogP contribution >= 0.6 is 22.7 Å². The molecule has 4 aromatic rings. The Bertz CT molecular complexity index is 1200. The van der Waals surface area contributed by atoms with Gasteiger partial charge in [0.25, 0.3) is 0 Å². The van der Waals surface area contributed by atoms with Crippen molar-refractivity contribution in [3.05, 3.63) is 93.1 Å². The number of nitrogens with zero attached hydrogens (tertiary/aromatic N) is 1. The van der Waals surface area contributed by atoms with E-state index in [1.54, 1.807) is 28.5 Å². The van der Waals surface area contributed by atoms with Gasteiger partial charge in [0.1, 0.15) is 0 Å². The summed E-state index contributed by atoms with van der Waals surface area (Å²) in [5, 5.41) is 4.84. The number of thiophene rings is 2. The van der Waals surface area contributed by atoms with E-state index in [1.165, 1.54) is 33.6 Å². The van der Waals surface area contributed by atoms with Crippen LogP contribution in [0.1, 0.15) is 26.5 Å². The maximum atomic E-state index is 12.9. The van der Waals surface area contributed by atoms with E-state index in [0.29, 0.717) is 12.2 Å². The first kappa shape index (κ1) is 22.1. The first-order valence-electron chi connectivity index (χ1n) is 9.82. The zero-order chi connectivity index (χ0) is 22.6. The summed E-state index contributed by atoms with van der Waals surface area (Å²) in [5.41, 5.74) is 4.11. The second-order valence-corrected chi connectivity index (χ2v) is 9.15. The van der Waals surface area contributed by atoms with Gasteiger partial charge in [-0.25, -0.2) is 0 Å². The number of hydrogen-bond acceptors (Lipinski definition) is 5. The average Bonchev–Trinajstić information content (AvgIpc) is 3.54. The molecule has 2 aromatic carbocycles. The Kier molecular flexibility index (Phi) is 6.62. The highest BCUT2D eigenvalue weighted by Crippen LogP contribution is 2.33. The lowest BCUT2D eigenvalue weighted by atomic mass is 10.2. The van der Waals surface area contributed by atoms with Gasteiger partial charge in [-0.05, 0) is 53.2 Å². The predicted molar refractivity (Wildman–Crippen MR) is 126 cm³/mol. The van der Waals surface area contributed by atoms with Crippen molar-refractivity contribution in [1.82, 2.24) is 5.43 Å². The third-order valence-electron chi connectivity index (χ3n) is 4.79. The lowest BCUT2D eigenvalue weighted by Crippen LogP contribution is -2.29. The molecule has 5 rings (SSSR count). The Morgan fingerprint density at radius 3 is 2.50 bits per heavy atom. The number of benzene rings is 2.